The molecule has 1 fully saturated rings. The molecule has 1 aliphatic rings. The number of likely N-dealkylation sites (tertiary alicyclic amines) is 1. The zero-order valence-corrected chi connectivity index (χ0v) is 15.0. The Labute approximate surface area is 148 Å². The third kappa shape index (κ3) is 5.63. The van der Waals surface area contributed by atoms with Crippen molar-refractivity contribution in [3.8, 4) is 5.75 Å². The van der Waals surface area contributed by atoms with Crippen molar-refractivity contribution in [2.45, 2.75) is 26.3 Å². The number of benzene rings is 1. The number of hydrogen-bond donors (Lipinski definition) is 3. The first-order chi connectivity index (χ1) is 12.0. The van der Waals surface area contributed by atoms with E-state index in [-0.39, 0.29) is 17.9 Å². The fraction of sp³-hybridized carbons (Fsp3) is 0.556. The summed E-state index contributed by atoms with van der Waals surface area (Å²) in [5.41, 5.74) is 7.48. The molecule has 1 heterocycles. The molecule has 0 aromatic heterocycles. The zero-order chi connectivity index (χ0) is 18.2. The summed E-state index contributed by atoms with van der Waals surface area (Å²) in [5.74, 6) is 0.593. The number of ether oxygens (including phenoxy) is 1. The van der Waals surface area contributed by atoms with E-state index in [4.69, 9.17) is 10.5 Å². The van der Waals surface area contributed by atoms with Crippen LogP contribution in [0.25, 0.3) is 0 Å². The summed E-state index contributed by atoms with van der Waals surface area (Å²) in [6, 6.07) is 5.73. The number of carbonyl (C=O) groups excluding carboxylic acids is 2. The van der Waals surface area contributed by atoms with Gasteiger partial charge in [-0.1, -0.05) is 6.07 Å². The summed E-state index contributed by atoms with van der Waals surface area (Å²) in [6.45, 7) is 4.42. The number of hydrogen-bond acceptors (Lipinski definition) is 4. The summed E-state index contributed by atoms with van der Waals surface area (Å²) in [4.78, 5) is 26.2. The molecule has 1 unspecified atom stereocenters. The van der Waals surface area contributed by atoms with Crippen LogP contribution in [-0.2, 0) is 11.3 Å². The van der Waals surface area contributed by atoms with Gasteiger partial charge in [-0.05, 0) is 43.0 Å². The van der Waals surface area contributed by atoms with Gasteiger partial charge in [-0.15, -0.1) is 0 Å². The number of nitrogens with two attached hydrogens (primary N) is 1. The number of methoxy groups -OCH3 is 1. The lowest BCUT2D eigenvalue weighted by molar-refractivity contribution is -0.126. The van der Waals surface area contributed by atoms with Crippen molar-refractivity contribution in [3.63, 3.8) is 0 Å². The highest BCUT2D eigenvalue weighted by Gasteiger charge is 2.28. The lowest BCUT2D eigenvalue weighted by Gasteiger charge is -2.32. The molecule has 0 spiro atoms. The van der Waals surface area contributed by atoms with Crippen LogP contribution < -0.4 is 21.1 Å². The van der Waals surface area contributed by atoms with Crippen LogP contribution in [0, 0.1) is 12.8 Å². The van der Waals surface area contributed by atoms with Crippen molar-refractivity contribution in [3.05, 3.63) is 29.3 Å². The Morgan fingerprint density at radius 3 is 2.84 bits per heavy atom. The molecule has 138 valence electrons. The molecule has 4 N–H and O–H groups in total. The second kappa shape index (κ2) is 9.27. The predicted molar refractivity (Wildman–Crippen MR) is 96.3 cm³/mol. The number of rotatable bonds is 6. The van der Waals surface area contributed by atoms with E-state index in [1.165, 1.54) is 0 Å². The maximum absolute atomic E-state index is 12.4. The van der Waals surface area contributed by atoms with E-state index in [0.29, 0.717) is 32.7 Å². The number of urea groups is 1. The van der Waals surface area contributed by atoms with Gasteiger partial charge in [-0.3, -0.25) is 4.79 Å². The van der Waals surface area contributed by atoms with Gasteiger partial charge in [0.05, 0.1) is 13.0 Å². The number of nitrogens with zero attached hydrogens (tertiary/aromatic N) is 1. The molecule has 1 saturated heterocycles. The van der Waals surface area contributed by atoms with Gasteiger partial charge in [0, 0.05) is 32.7 Å². The van der Waals surface area contributed by atoms with E-state index in [1.807, 2.05) is 25.1 Å². The Hall–Kier alpha value is -2.28. The second-order valence-electron chi connectivity index (χ2n) is 6.38. The minimum Gasteiger partial charge on any atom is -0.497 e. The van der Waals surface area contributed by atoms with Crippen molar-refractivity contribution < 1.29 is 14.3 Å². The topological polar surface area (TPSA) is 96.7 Å². The van der Waals surface area contributed by atoms with Gasteiger partial charge in [0.15, 0.2) is 0 Å². The van der Waals surface area contributed by atoms with Crippen LogP contribution in [0.4, 0.5) is 4.79 Å². The van der Waals surface area contributed by atoms with Crippen LogP contribution in [0.5, 0.6) is 5.75 Å². The van der Waals surface area contributed by atoms with Crippen LogP contribution in [0.2, 0.25) is 0 Å². The molecular formula is C18H28N4O3. The normalized spacial score (nSPS) is 17.1. The maximum atomic E-state index is 12.4. The summed E-state index contributed by atoms with van der Waals surface area (Å²) >= 11 is 0. The average molecular weight is 348 g/mol. The first-order valence-corrected chi connectivity index (χ1v) is 8.68. The van der Waals surface area contributed by atoms with Crippen molar-refractivity contribution in [2.75, 3.05) is 33.3 Å². The van der Waals surface area contributed by atoms with Crippen molar-refractivity contribution in [1.29, 1.82) is 0 Å². The SMILES string of the molecule is COc1cc(C)cc(CNC(=O)N2CCCC(C(=O)NCCN)C2)c1. The summed E-state index contributed by atoms with van der Waals surface area (Å²) in [7, 11) is 1.63. The molecule has 2 rings (SSSR count). The largest absolute Gasteiger partial charge is 0.497 e. The van der Waals surface area contributed by atoms with Gasteiger partial charge in [0.2, 0.25) is 5.91 Å². The molecule has 0 bridgehead atoms. The van der Waals surface area contributed by atoms with E-state index in [9.17, 15) is 9.59 Å². The molecule has 1 atom stereocenters. The third-order valence-corrected chi connectivity index (χ3v) is 4.31. The Balaban J connectivity index is 1.87. The molecule has 7 nitrogen and oxygen atoms in total. The Morgan fingerprint density at radius 1 is 1.32 bits per heavy atom. The van der Waals surface area contributed by atoms with E-state index >= 15 is 0 Å². The van der Waals surface area contributed by atoms with Crippen LogP contribution in [-0.4, -0.2) is 50.1 Å². The number of nitrogens with one attached hydrogen (secondary N) is 2. The molecule has 1 aromatic carbocycles. The number of aryl methyl sites for hydroxylation is 1. The first-order valence-electron chi connectivity index (χ1n) is 8.68. The van der Waals surface area contributed by atoms with E-state index < -0.39 is 0 Å². The maximum Gasteiger partial charge on any atom is 0.317 e. The lowest BCUT2D eigenvalue weighted by atomic mass is 9.97. The fourth-order valence-electron chi connectivity index (χ4n) is 3.05. The van der Waals surface area contributed by atoms with Crippen molar-refractivity contribution in [1.82, 2.24) is 15.5 Å². The predicted octanol–water partition coefficient (Wildman–Crippen LogP) is 1.00. The molecule has 0 aliphatic carbocycles. The summed E-state index contributed by atoms with van der Waals surface area (Å²) < 4.78 is 5.25. The van der Waals surface area contributed by atoms with Gasteiger partial charge in [-0.25, -0.2) is 4.79 Å². The summed E-state index contributed by atoms with van der Waals surface area (Å²) in [5, 5.41) is 5.73. The molecule has 1 aliphatic heterocycles. The minimum absolute atomic E-state index is 0.0219. The second-order valence-corrected chi connectivity index (χ2v) is 6.38. The first kappa shape index (κ1) is 19.1. The number of carbonyl (C=O) groups is 2. The Kier molecular flexibility index (Phi) is 7.06. The number of amides is 3. The quantitative estimate of drug-likeness (QED) is 0.714. The van der Waals surface area contributed by atoms with Crippen LogP contribution >= 0.6 is 0 Å². The minimum atomic E-state index is -0.162. The highest BCUT2D eigenvalue weighted by molar-refractivity contribution is 5.80. The highest BCUT2D eigenvalue weighted by Crippen LogP contribution is 2.18. The van der Waals surface area contributed by atoms with Crippen LogP contribution in [0.1, 0.15) is 24.0 Å². The smallest absolute Gasteiger partial charge is 0.317 e. The van der Waals surface area contributed by atoms with E-state index in [1.54, 1.807) is 12.0 Å². The molecule has 7 heteroatoms. The van der Waals surface area contributed by atoms with Crippen LogP contribution in [0.3, 0.4) is 0 Å². The average Bonchev–Trinajstić information content (AvgIpc) is 2.63. The highest BCUT2D eigenvalue weighted by atomic mass is 16.5. The fourth-order valence-corrected chi connectivity index (χ4v) is 3.05. The molecular weight excluding hydrogens is 320 g/mol. The van der Waals surface area contributed by atoms with Crippen molar-refractivity contribution in [2.24, 2.45) is 11.7 Å². The van der Waals surface area contributed by atoms with E-state index in [2.05, 4.69) is 10.6 Å². The molecule has 25 heavy (non-hydrogen) atoms. The Morgan fingerprint density at radius 2 is 2.12 bits per heavy atom. The monoisotopic (exact) mass is 348 g/mol. The molecule has 3 amide bonds. The van der Waals surface area contributed by atoms with Gasteiger partial charge in [0.1, 0.15) is 5.75 Å². The standard InChI is InChI=1S/C18H28N4O3/c1-13-8-14(10-16(9-13)25-2)11-21-18(24)22-7-3-4-15(12-22)17(23)20-6-5-19/h8-10,15H,3-7,11-12,19H2,1-2H3,(H,20,23)(H,21,24). The van der Waals surface area contributed by atoms with Gasteiger partial charge < -0.3 is 26.0 Å². The Bertz CT molecular complexity index is 606. The van der Waals surface area contributed by atoms with Gasteiger partial charge in [0.25, 0.3) is 0 Å². The molecule has 0 saturated carbocycles. The van der Waals surface area contributed by atoms with Gasteiger partial charge in [-0.2, -0.15) is 0 Å². The lowest BCUT2D eigenvalue weighted by Crippen LogP contribution is -2.49. The van der Waals surface area contributed by atoms with Crippen molar-refractivity contribution >= 4 is 11.9 Å². The molecule has 1 aromatic rings. The zero-order valence-electron chi connectivity index (χ0n) is 15.0. The third-order valence-electron chi connectivity index (χ3n) is 4.31. The van der Waals surface area contributed by atoms with Crippen LogP contribution in [0.15, 0.2) is 18.2 Å². The molecule has 0 radical (unpaired) electrons. The summed E-state index contributed by atoms with van der Waals surface area (Å²) in [6.07, 6.45) is 1.63. The van der Waals surface area contributed by atoms with Gasteiger partial charge >= 0.3 is 6.03 Å². The van der Waals surface area contributed by atoms with E-state index in [0.717, 1.165) is 29.7 Å². The number of piperidine rings is 1.